The second kappa shape index (κ2) is 9.84. The standard InChI is InChI=1S/C22H25N3O6/c1-29-16-9-8-15(18(10-16)30-2)12-25-17(11-19(23)26)20(21(25)27)24-22(28)31-13-14-6-4-3-5-7-14/h3-10,17,20H,11-13H2,1-2H3,(H2,23,26)(H,24,28). The summed E-state index contributed by atoms with van der Waals surface area (Å²) < 4.78 is 15.7. The Morgan fingerprint density at radius 1 is 1.10 bits per heavy atom. The van der Waals surface area contributed by atoms with E-state index in [9.17, 15) is 14.4 Å². The summed E-state index contributed by atoms with van der Waals surface area (Å²) in [6.45, 7) is 0.266. The molecule has 2 aromatic carbocycles. The maximum atomic E-state index is 12.7. The highest BCUT2D eigenvalue weighted by molar-refractivity contribution is 5.94. The van der Waals surface area contributed by atoms with Gasteiger partial charge in [-0.15, -0.1) is 0 Å². The molecule has 2 unspecified atom stereocenters. The molecule has 3 amide bonds. The minimum atomic E-state index is -0.889. The number of carbonyl (C=O) groups excluding carboxylic acids is 3. The van der Waals surface area contributed by atoms with Gasteiger partial charge in [-0.1, -0.05) is 30.3 Å². The van der Waals surface area contributed by atoms with Crippen molar-refractivity contribution in [2.45, 2.75) is 31.7 Å². The molecule has 31 heavy (non-hydrogen) atoms. The first kappa shape index (κ1) is 21.9. The molecule has 1 saturated heterocycles. The van der Waals surface area contributed by atoms with Gasteiger partial charge >= 0.3 is 6.09 Å². The number of rotatable bonds is 9. The SMILES string of the molecule is COc1ccc(CN2C(=O)C(NC(=O)OCc3ccccc3)C2CC(N)=O)c(OC)c1. The zero-order valence-electron chi connectivity index (χ0n) is 17.4. The summed E-state index contributed by atoms with van der Waals surface area (Å²) in [5.41, 5.74) is 6.92. The molecule has 1 heterocycles. The van der Waals surface area contributed by atoms with E-state index in [1.807, 2.05) is 30.3 Å². The van der Waals surface area contributed by atoms with Crippen molar-refractivity contribution >= 4 is 17.9 Å². The molecule has 0 spiro atoms. The molecule has 0 aromatic heterocycles. The summed E-state index contributed by atoms with van der Waals surface area (Å²) in [6.07, 6.45) is -0.827. The summed E-state index contributed by atoms with van der Waals surface area (Å²) in [5, 5.41) is 2.54. The molecule has 164 valence electrons. The van der Waals surface area contributed by atoms with E-state index < -0.39 is 24.1 Å². The molecule has 1 fully saturated rings. The Hall–Kier alpha value is -3.75. The van der Waals surface area contributed by atoms with Crippen molar-refractivity contribution in [3.05, 3.63) is 59.7 Å². The third kappa shape index (κ3) is 5.25. The first-order valence-corrected chi connectivity index (χ1v) is 9.69. The van der Waals surface area contributed by atoms with Crippen molar-refractivity contribution in [3.63, 3.8) is 0 Å². The number of nitrogens with one attached hydrogen (secondary N) is 1. The molecule has 0 radical (unpaired) electrons. The lowest BCUT2D eigenvalue weighted by Crippen LogP contribution is -2.70. The first-order valence-electron chi connectivity index (χ1n) is 9.69. The van der Waals surface area contributed by atoms with Gasteiger partial charge in [-0.05, 0) is 17.7 Å². The Morgan fingerprint density at radius 3 is 2.48 bits per heavy atom. The van der Waals surface area contributed by atoms with Gasteiger partial charge in [0.2, 0.25) is 11.8 Å². The van der Waals surface area contributed by atoms with E-state index in [0.717, 1.165) is 11.1 Å². The van der Waals surface area contributed by atoms with Crippen molar-refractivity contribution in [2.75, 3.05) is 14.2 Å². The number of amides is 3. The van der Waals surface area contributed by atoms with E-state index >= 15 is 0 Å². The van der Waals surface area contributed by atoms with Crippen LogP contribution in [0.4, 0.5) is 4.79 Å². The van der Waals surface area contributed by atoms with Crippen LogP contribution < -0.4 is 20.5 Å². The molecule has 0 bridgehead atoms. The normalized spacial score (nSPS) is 17.5. The van der Waals surface area contributed by atoms with Gasteiger partial charge in [0.25, 0.3) is 0 Å². The summed E-state index contributed by atoms with van der Waals surface area (Å²) in [6, 6.07) is 12.9. The van der Waals surface area contributed by atoms with E-state index in [2.05, 4.69) is 5.32 Å². The molecular formula is C22H25N3O6. The Kier molecular flexibility index (Phi) is 6.96. The van der Waals surface area contributed by atoms with Crippen LogP contribution >= 0.6 is 0 Å². The van der Waals surface area contributed by atoms with Gasteiger partial charge in [0.15, 0.2) is 0 Å². The monoisotopic (exact) mass is 427 g/mol. The number of methoxy groups -OCH3 is 2. The number of primary amides is 1. The number of β-lactam (4-membered cyclic amide) rings is 1. The van der Waals surface area contributed by atoms with Gasteiger partial charge in [0, 0.05) is 24.6 Å². The molecule has 9 nitrogen and oxygen atoms in total. The fraction of sp³-hybridized carbons (Fsp3) is 0.318. The van der Waals surface area contributed by atoms with Crippen molar-refractivity contribution in [1.82, 2.24) is 10.2 Å². The Bertz CT molecular complexity index is 950. The lowest BCUT2D eigenvalue weighted by Gasteiger charge is -2.46. The van der Waals surface area contributed by atoms with E-state index in [1.54, 1.807) is 25.3 Å². The molecule has 2 atom stereocenters. The van der Waals surface area contributed by atoms with Gasteiger partial charge in [0.05, 0.1) is 20.3 Å². The highest BCUT2D eigenvalue weighted by atomic mass is 16.5. The first-order chi connectivity index (χ1) is 14.9. The Morgan fingerprint density at radius 2 is 1.84 bits per heavy atom. The van der Waals surface area contributed by atoms with Gasteiger partial charge in [0.1, 0.15) is 24.1 Å². The minimum Gasteiger partial charge on any atom is -0.497 e. The Labute approximate surface area is 180 Å². The number of likely N-dealkylation sites (tertiary alicyclic amines) is 1. The third-order valence-corrected chi connectivity index (χ3v) is 5.07. The number of ether oxygens (including phenoxy) is 3. The summed E-state index contributed by atoms with van der Waals surface area (Å²) in [7, 11) is 3.06. The maximum Gasteiger partial charge on any atom is 0.408 e. The largest absolute Gasteiger partial charge is 0.497 e. The molecule has 2 aromatic rings. The third-order valence-electron chi connectivity index (χ3n) is 5.07. The van der Waals surface area contributed by atoms with Gasteiger partial charge < -0.3 is 30.2 Å². The number of hydrogen-bond donors (Lipinski definition) is 2. The molecule has 0 saturated carbocycles. The van der Waals surface area contributed by atoms with Crippen LogP contribution in [0, 0.1) is 0 Å². The molecule has 1 aliphatic rings. The predicted molar refractivity (Wildman–Crippen MR) is 111 cm³/mol. The van der Waals surface area contributed by atoms with Crippen LogP contribution in [0.5, 0.6) is 11.5 Å². The maximum absolute atomic E-state index is 12.7. The molecule has 1 aliphatic heterocycles. The topological polar surface area (TPSA) is 120 Å². The van der Waals surface area contributed by atoms with Crippen LogP contribution in [0.1, 0.15) is 17.5 Å². The number of alkyl carbamates (subject to hydrolysis) is 1. The lowest BCUT2D eigenvalue weighted by molar-refractivity contribution is -0.153. The van der Waals surface area contributed by atoms with Crippen LogP contribution in [0.3, 0.4) is 0 Å². The number of nitrogens with two attached hydrogens (primary N) is 1. The smallest absolute Gasteiger partial charge is 0.408 e. The van der Waals surface area contributed by atoms with E-state index in [4.69, 9.17) is 19.9 Å². The zero-order chi connectivity index (χ0) is 22.4. The predicted octanol–water partition coefficient (Wildman–Crippen LogP) is 1.58. The van der Waals surface area contributed by atoms with Crippen LogP contribution in [0.2, 0.25) is 0 Å². The quantitative estimate of drug-likeness (QED) is 0.587. The Balaban J connectivity index is 1.66. The second-order valence-electron chi connectivity index (χ2n) is 7.07. The van der Waals surface area contributed by atoms with E-state index in [1.165, 1.54) is 12.0 Å². The van der Waals surface area contributed by atoms with Crippen LogP contribution in [-0.2, 0) is 27.5 Å². The summed E-state index contributed by atoms with van der Waals surface area (Å²) >= 11 is 0. The fourth-order valence-electron chi connectivity index (χ4n) is 3.45. The van der Waals surface area contributed by atoms with Crippen molar-refractivity contribution < 1.29 is 28.6 Å². The zero-order valence-corrected chi connectivity index (χ0v) is 17.4. The molecule has 0 aliphatic carbocycles. The van der Waals surface area contributed by atoms with Crippen molar-refractivity contribution in [3.8, 4) is 11.5 Å². The number of benzene rings is 2. The van der Waals surface area contributed by atoms with Gasteiger partial charge in [-0.3, -0.25) is 9.59 Å². The second-order valence-corrected chi connectivity index (χ2v) is 7.07. The molecule has 9 heteroatoms. The summed E-state index contributed by atoms with van der Waals surface area (Å²) in [5.74, 6) is 0.253. The lowest BCUT2D eigenvalue weighted by atomic mass is 9.91. The number of carbonyl (C=O) groups is 3. The van der Waals surface area contributed by atoms with Gasteiger partial charge in [-0.2, -0.15) is 0 Å². The highest BCUT2D eigenvalue weighted by Gasteiger charge is 2.49. The van der Waals surface area contributed by atoms with Crippen molar-refractivity contribution in [2.24, 2.45) is 5.73 Å². The fourth-order valence-corrected chi connectivity index (χ4v) is 3.45. The van der Waals surface area contributed by atoms with E-state index in [0.29, 0.717) is 11.5 Å². The van der Waals surface area contributed by atoms with Crippen LogP contribution in [0.15, 0.2) is 48.5 Å². The molecule has 3 rings (SSSR count). The minimum absolute atomic E-state index is 0.0703. The molecule has 3 N–H and O–H groups in total. The highest BCUT2D eigenvalue weighted by Crippen LogP contribution is 2.31. The van der Waals surface area contributed by atoms with Gasteiger partial charge in [-0.25, -0.2) is 4.79 Å². The average molecular weight is 427 g/mol. The summed E-state index contributed by atoms with van der Waals surface area (Å²) in [4.78, 5) is 37.9. The average Bonchev–Trinajstić information content (AvgIpc) is 2.79. The molecular weight excluding hydrogens is 402 g/mol. The van der Waals surface area contributed by atoms with Crippen LogP contribution in [-0.4, -0.2) is 49.1 Å². The number of nitrogens with zero attached hydrogens (tertiary/aromatic N) is 1. The van der Waals surface area contributed by atoms with Crippen molar-refractivity contribution in [1.29, 1.82) is 0 Å². The number of hydrogen-bond acceptors (Lipinski definition) is 6. The van der Waals surface area contributed by atoms with E-state index in [-0.39, 0.29) is 25.5 Å². The van der Waals surface area contributed by atoms with Crippen LogP contribution in [0.25, 0.3) is 0 Å².